The lowest BCUT2D eigenvalue weighted by molar-refractivity contribution is -0.139. The molecule has 0 saturated carbocycles. The van der Waals surface area contributed by atoms with E-state index in [9.17, 15) is 9.59 Å². The predicted octanol–water partition coefficient (Wildman–Crippen LogP) is 1.41. The summed E-state index contributed by atoms with van der Waals surface area (Å²) in [4.78, 5) is 24.8. The molecule has 2 amide bonds. The van der Waals surface area contributed by atoms with Crippen LogP contribution >= 0.6 is 0 Å². The molecule has 0 spiro atoms. The lowest BCUT2D eigenvalue weighted by atomic mass is 10.0. The first-order valence-electron chi connectivity index (χ1n) is 7.55. The van der Waals surface area contributed by atoms with Gasteiger partial charge in [-0.3, -0.25) is 0 Å². The first kappa shape index (κ1) is 16.8. The number of nitrogens with one attached hydrogen (secondary N) is 2. The monoisotopic (exact) mass is 285 g/mol. The van der Waals surface area contributed by atoms with Crippen molar-refractivity contribution in [2.24, 2.45) is 0 Å². The van der Waals surface area contributed by atoms with Crippen molar-refractivity contribution >= 4 is 12.0 Å². The van der Waals surface area contributed by atoms with Crippen LogP contribution in [0.5, 0.6) is 0 Å². The molecule has 6 heteroatoms. The maximum atomic E-state index is 11.5. The number of hydrogen-bond acceptors (Lipinski definition) is 3. The minimum atomic E-state index is -0.996. The molecule has 0 aromatic heterocycles. The summed E-state index contributed by atoms with van der Waals surface area (Å²) >= 11 is 0. The van der Waals surface area contributed by atoms with Crippen LogP contribution in [-0.4, -0.2) is 53.7 Å². The highest BCUT2D eigenvalue weighted by Crippen LogP contribution is 2.15. The molecule has 1 aliphatic rings. The van der Waals surface area contributed by atoms with Crippen LogP contribution in [0.4, 0.5) is 4.79 Å². The smallest absolute Gasteiger partial charge is 0.326 e. The Labute approximate surface area is 120 Å². The van der Waals surface area contributed by atoms with Gasteiger partial charge in [-0.2, -0.15) is 0 Å². The Morgan fingerprint density at radius 2 is 2.15 bits per heavy atom. The Morgan fingerprint density at radius 1 is 1.40 bits per heavy atom. The fourth-order valence-electron chi connectivity index (χ4n) is 2.52. The van der Waals surface area contributed by atoms with Gasteiger partial charge in [-0.15, -0.1) is 0 Å². The SMILES string of the molecule is CC[C@@H](NC(=O)NCCCN1CCCCC1C)C(=O)O. The minimum Gasteiger partial charge on any atom is -0.480 e. The van der Waals surface area contributed by atoms with Gasteiger partial charge in [0, 0.05) is 19.1 Å². The van der Waals surface area contributed by atoms with Crippen molar-refractivity contribution in [3.05, 3.63) is 0 Å². The van der Waals surface area contributed by atoms with Crippen molar-refractivity contribution in [2.75, 3.05) is 19.6 Å². The number of rotatable bonds is 7. The molecule has 3 N–H and O–H groups in total. The second-order valence-electron chi connectivity index (χ2n) is 5.43. The van der Waals surface area contributed by atoms with E-state index in [1.54, 1.807) is 6.92 Å². The fourth-order valence-corrected chi connectivity index (χ4v) is 2.52. The minimum absolute atomic E-state index is 0.383. The molecular weight excluding hydrogens is 258 g/mol. The normalized spacial score (nSPS) is 21.2. The lowest BCUT2D eigenvalue weighted by Gasteiger charge is -2.33. The van der Waals surface area contributed by atoms with E-state index >= 15 is 0 Å². The van der Waals surface area contributed by atoms with Crippen molar-refractivity contribution in [3.63, 3.8) is 0 Å². The third kappa shape index (κ3) is 5.77. The molecule has 6 nitrogen and oxygen atoms in total. The summed E-state index contributed by atoms with van der Waals surface area (Å²) in [5.41, 5.74) is 0. The van der Waals surface area contributed by atoms with Gasteiger partial charge in [0.1, 0.15) is 6.04 Å². The molecule has 1 rings (SSSR count). The Hall–Kier alpha value is -1.30. The summed E-state index contributed by atoms with van der Waals surface area (Å²) in [6, 6.07) is -0.572. The number of piperidine rings is 1. The lowest BCUT2D eigenvalue weighted by Crippen LogP contribution is -2.46. The van der Waals surface area contributed by atoms with Gasteiger partial charge in [0.2, 0.25) is 0 Å². The van der Waals surface area contributed by atoms with Crippen molar-refractivity contribution in [2.45, 2.75) is 58.0 Å². The van der Waals surface area contributed by atoms with E-state index in [0.717, 1.165) is 19.5 Å². The average molecular weight is 285 g/mol. The average Bonchev–Trinajstić information content (AvgIpc) is 2.42. The summed E-state index contributed by atoms with van der Waals surface area (Å²) in [5, 5.41) is 14.0. The molecule has 0 bridgehead atoms. The zero-order valence-electron chi connectivity index (χ0n) is 12.5. The van der Waals surface area contributed by atoms with E-state index in [2.05, 4.69) is 22.5 Å². The number of carbonyl (C=O) groups excluding carboxylic acids is 1. The van der Waals surface area contributed by atoms with Gasteiger partial charge in [-0.05, 0) is 39.2 Å². The third-order valence-corrected chi connectivity index (χ3v) is 3.86. The van der Waals surface area contributed by atoms with E-state index in [4.69, 9.17) is 5.11 Å². The van der Waals surface area contributed by atoms with Gasteiger partial charge in [-0.25, -0.2) is 9.59 Å². The number of carbonyl (C=O) groups is 2. The highest BCUT2D eigenvalue weighted by Gasteiger charge is 2.18. The van der Waals surface area contributed by atoms with Crippen molar-refractivity contribution < 1.29 is 14.7 Å². The number of urea groups is 1. The molecule has 1 heterocycles. The van der Waals surface area contributed by atoms with Gasteiger partial charge in [0.05, 0.1) is 0 Å². The summed E-state index contributed by atoms with van der Waals surface area (Å²) in [7, 11) is 0. The Bertz CT molecular complexity index is 323. The zero-order chi connectivity index (χ0) is 15.0. The number of likely N-dealkylation sites (tertiary alicyclic amines) is 1. The molecule has 1 unspecified atom stereocenters. The molecule has 2 atom stereocenters. The molecule has 1 saturated heterocycles. The van der Waals surface area contributed by atoms with Gasteiger partial charge in [0.15, 0.2) is 0 Å². The standard InChI is InChI=1S/C14H27N3O3/c1-3-12(13(18)19)16-14(20)15-8-6-10-17-9-5-4-7-11(17)2/h11-12H,3-10H2,1-2H3,(H,18,19)(H2,15,16,20)/t11?,12-/m1/s1. The quantitative estimate of drug-likeness (QED) is 0.618. The van der Waals surface area contributed by atoms with Crippen molar-refractivity contribution in [1.82, 2.24) is 15.5 Å². The first-order chi connectivity index (χ1) is 9.54. The van der Waals surface area contributed by atoms with Crippen molar-refractivity contribution in [1.29, 1.82) is 0 Å². The van der Waals surface area contributed by atoms with Gasteiger partial charge < -0.3 is 20.6 Å². The maximum Gasteiger partial charge on any atom is 0.326 e. The Balaban J connectivity index is 2.14. The molecule has 1 aliphatic heterocycles. The summed E-state index contributed by atoms with van der Waals surface area (Å²) < 4.78 is 0. The summed E-state index contributed by atoms with van der Waals surface area (Å²) in [5.74, 6) is -0.996. The molecule has 1 fully saturated rings. The highest BCUT2D eigenvalue weighted by molar-refractivity contribution is 5.82. The fraction of sp³-hybridized carbons (Fsp3) is 0.857. The molecule has 0 radical (unpaired) electrons. The van der Waals surface area contributed by atoms with Gasteiger partial charge in [-0.1, -0.05) is 13.3 Å². The number of aliphatic carboxylic acids is 1. The number of hydrogen-bond donors (Lipinski definition) is 3. The van der Waals surface area contributed by atoms with E-state index in [-0.39, 0.29) is 0 Å². The van der Waals surface area contributed by atoms with E-state index in [0.29, 0.717) is 19.0 Å². The second-order valence-corrected chi connectivity index (χ2v) is 5.43. The Morgan fingerprint density at radius 3 is 2.75 bits per heavy atom. The maximum absolute atomic E-state index is 11.5. The number of carboxylic acids is 1. The molecule has 0 aliphatic carbocycles. The van der Waals surface area contributed by atoms with Crippen LogP contribution in [0.25, 0.3) is 0 Å². The molecule has 0 aromatic rings. The first-order valence-corrected chi connectivity index (χ1v) is 7.55. The number of amides is 2. The molecule has 0 aromatic carbocycles. The number of carboxylic acid groups (broad SMARTS) is 1. The summed E-state index contributed by atoms with van der Waals surface area (Å²) in [6.45, 7) is 6.68. The van der Waals surface area contributed by atoms with Crippen LogP contribution in [0, 0.1) is 0 Å². The molecule has 116 valence electrons. The van der Waals surface area contributed by atoms with Gasteiger partial charge >= 0.3 is 12.0 Å². The third-order valence-electron chi connectivity index (χ3n) is 3.86. The topological polar surface area (TPSA) is 81.7 Å². The number of nitrogens with zero attached hydrogens (tertiary/aromatic N) is 1. The van der Waals surface area contributed by atoms with E-state index in [1.807, 2.05) is 0 Å². The van der Waals surface area contributed by atoms with Crippen LogP contribution in [0.2, 0.25) is 0 Å². The molecule has 20 heavy (non-hydrogen) atoms. The van der Waals surface area contributed by atoms with E-state index < -0.39 is 18.0 Å². The second kappa shape index (κ2) is 8.79. The van der Waals surface area contributed by atoms with E-state index in [1.165, 1.54) is 19.3 Å². The Kier molecular flexibility index (Phi) is 7.36. The highest BCUT2D eigenvalue weighted by atomic mass is 16.4. The van der Waals surface area contributed by atoms with Crippen LogP contribution in [0.3, 0.4) is 0 Å². The summed E-state index contributed by atoms with van der Waals surface area (Å²) in [6.07, 6.45) is 5.10. The van der Waals surface area contributed by atoms with Crippen LogP contribution in [0.15, 0.2) is 0 Å². The van der Waals surface area contributed by atoms with Crippen molar-refractivity contribution in [3.8, 4) is 0 Å². The predicted molar refractivity (Wildman–Crippen MR) is 77.8 cm³/mol. The zero-order valence-corrected chi connectivity index (χ0v) is 12.5. The van der Waals surface area contributed by atoms with Crippen LogP contribution < -0.4 is 10.6 Å². The van der Waals surface area contributed by atoms with Crippen LogP contribution in [-0.2, 0) is 4.79 Å². The van der Waals surface area contributed by atoms with Gasteiger partial charge in [0.25, 0.3) is 0 Å². The largest absolute Gasteiger partial charge is 0.480 e. The van der Waals surface area contributed by atoms with Crippen LogP contribution in [0.1, 0.15) is 46.0 Å². The molecular formula is C14H27N3O3.